The van der Waals surface area contributed by atoms with Crippen molar-refractivity contribution in [3.05, 3.63) is 64.4 Å². The molecule has 0 aliphatic carbocycles. The number of rotatable bonds is 6. The molecule has 6 nitrogen and oxygen atoms in total. The van der Waals surface area contributed by atoms with E-state index in [1.54, 1.807) is 6.92 Å². The normalized spacial score (nSPS) is 11.9. The first-order valence-electron chi connectivity index (χ1n) is 7.49. The van der Waals surface area contributed by atoms with Crippen LogP contribution >= 0.6 is 15.9 Å². The summed E-state index contributed by atoms with van der Waals surface area (Å²) in [6.45, 7) is 1.25. The van der Waals surface area contributed by atoms with E-state index < -0.39 is 28.3 Å². The van der Waals surface area contributed by atoms with Gasteiger partial charge in [-0.3, -0.25) is 9.10 Å². The van der Waals surface area contributed by atoms with E-state index in [-0.39, 0.29) is 5.69 Å². The number of amides is 1. The molecular weight excluding hydrogens is 425 g/mol. The number of benzene rings is 2. The molecule has 9 heteroatoms. The van der Waals surface area contributed by atoms with E-state index in [2.05, 4.69) is 26.5 Å². The lowest BCUT2D eigenvalue weighted by Crippen LogP contribution is -2.39. The van der Waals surface area contributed by atoms with Crippen molar-refractivity contribution in [1.29, 1.82) is 0 Å². The highest BCUT2D eigenvalue weighted by molar-refractivity contribution is 9.10. The van der Waals surface area contributed by atoms with Gasteiger partial charge in [-0.05, 0) is 48.9 Å². The molecular formula is C17H17BrFN3O3S. The summed E-state index contributed by atoms with van der Waals surface area (Å²) in [6.07, 6.45) is 0.972. The summed E-state index contributed by atoms with van der Waals surface area (Å²) in [5, 5.41) is 3.99. The Labute approximate surface area is 159 Å². The van der Waals surface area contributed by atoms with Gasteiger partial charge in [-0.2, -0.15) is 5.10 Å². The largest absolute Gasteiger partial charge is 0.271 e. The second-order valence-electron chi connectivity index (χ2n) is 5.49. The van der Waals surface area contributed by atoms with Crippen molar-refractivity contribution in [2.75, 3.05) is 17.1 Å². The molecule has 0 saturated carbocycles. The lowest BCUT2D eigenvalue weighted by atomic mass is 10.1. The van der Waals surface area contributed by atoms with Crippen molar-refractivity contribution in [3.8, 4) is 0 Å². The zero-order valence-electron chi connectivity index (χ0n) is 14.1. The zero-order valence-corrected chi connectivity index (χ0v) is 16.5. The SMILES string of the molecule is C/C(=N/NC(=O)CN(c1ccc(F)cc1)S(C)(=O)=O)c1cccc(Br)c1. The molecule has 0 bridgehead atoms. The lowest BCUT2D eigenvalue weighted by Gasteiger charge is -2.21. The molecule has 0 atom stereocenters. The summed E-state index contributed by atoms with van der Waals surface area (Å²) in [4.78, 5) is 12.1. The number of hydrazone groups is 1. The summed E-state index contributed by atoms with van der Waals surface area (Å²) < 4.78 is 38.7. The second-order valence-corrected chi connectivity index (χ2v) is 8.31. The van der Waals surface area contributed by atoms with Crippen molar-refractivity contribution in [2.24, 2.45) is 5.10 Å². The predicted molar refractivity (Wildman–Crippen MR) is 103 cm³/mol. The van der Waals surface area contributed by atoms with Crippen molar-refractivity contribution < 1.29 is 17.6 Å². The molecule has 0 heterocycles. The van der Waals surface area contributed by atoms with Crippen LogP contribution in [0, 0.1) is 5.82 Å². The summed E-state index contributed by atoms with van der Waals surface area (Å²) >= 11 is 3.35. The number of sulfonamides is 1. The van der Waals surface area contributed by atoms with Gasteiger partial charge in [0.05, 0.1) is 17.7 Å². The average Bonchev–Trinajstić information content (AvgIpc) is 2.57. The minimum Gasteiger partial charge on any atom is -0.271 e. The molecule has 2 rings (SSSR count). The fourth-order valence-corrected chi connectivity index (χ4v) is 3.35. The molecule has 1 N–H and O–H groups in total. The van der Waals surface area contributed by atoms with Crippen molar-refractivity contribution in [1.82, 2.24) is 5.43 Å². The number of nitrogens with one attached hydrogen (secondary N) is 1. The summed E-state index contributed by atoms with van der Waals surface area (Å²) in [6, 6.07) is 12.2. The molecule has 0 spiro atoms. The Bertz CT molecular complexity index is 931. The van der Waals surface area contributed by atoms with E-state index in [9.17, 15) is 17.6 Å². The van der Waals surface area contributed by atoms with E-state index >= 15 is 0 Å². The highest BCUT2D eigenvalue weighted by Gasteiger charge is 2.20. The fourth-order valence-electron chi connectivity index (χ4n) is 2.10. The number of halogens is 2. The number of anilines is 1. The van der Waals surface area contributed by atoms with Crippen LogP contribution in [-0.2, 0) is 14.8 Å². The standard InChI is InChI=1S/C17H17BrFN3O3S/c1-12(13-4-3-5-14(18)10-13)20-21-17(23)11-22(26(2,24)25)16-8-6-15(19)7-9-16/h3-10H,11H2,1-2H3,(H,21,23)/b20-12-. The average molecular weight is 442 g/mol. The van der Waals surface area contributed by atoms with Gasteiger partial charge in [0.25, 0.3) is 5.91 Å². The van der Waals surface area contributed by atoms with Crippen LogP contribution in [0.15, 0.2) is 58.1 Å². The molecule has 0 fully saturated rings. The second kappa shape index (κ2) is 8.41. The van der Waals surface area contributed by atoms with E-state index in [1.165, 1.54) is 12.1 Å². The number of nitrogens with zero attached hydrogens (tertiary/aromatic N) is 2. The predicted octanol–water partition coefficient (Wildman–Crippen LogP) is 2.89. The van der Waals surface area contributed by atoms with Gasteiger partial charge in [0.2, 0.25) is 10.0 Å². The van der Waals surface area contributed by atoms with Gasteiger partial charge in [0, 0.05) is 4.47 Å². The number of carbonyl (C=O) groups excluding carboxylic acids is 1. The van der Waals surface area contributed by atoms with E-state index in [0.29, 0.717) is 5.71 Å². The molecule has 138 valence electrons. The smallest absolute Gasteiger partial charge is 0.260 e. The third kappa shape index (κ3) is 5.63. The summed E-state index contributed by atoms with van der Waals surface area (Å²) in [5.74, 6) is -1.12. The van der Waals surface area contributed by atoms with Gasteiger partial charge >= 0.3 is 0 Å². The number of hydrogen-bond acceptors (Lipinski definition) is 4. The molecule has 0 aliphatic heterocycles. The van der Waals surface area contributed by atoms with Crippen molar-refractivity contribution in [3.63, 3.8) is 0 Å². The number of carbonyl (C=O) groups is 1. The Morgan fingerprint density at radius 3 is 2.46 bits per heavy atom. The maximum absolute atomic E-state index is 13.0. The lowest BCUT2D eigenvalue weighted by molar-refractivity contribution is -0.119. The first-order chi connectivity index (χ1) is 12.2. The molecule has 26 heavy (non-hydrogen) atoms. The molecule has 0 saturated heterocycles. The molecule has 2 aromatic rings. The van der Waals surface area contributed by atoms with Crippen LogP contribution in [0.25, 0.3) is 0 Å². The third-order valence-electron chi connectivity index (χ3n) is 3.39. The fraction of sp³-hybridized carbons (Fsp3) is 0.176. The van der Waals surface area contributed by atoms with Gasteiger partial charge in [-0.15, -0.1) is 0 Å². The van der Waals surface area contributed by atoms with Crippen LogP contribution in [0.3, 0.4) is 0 Å². The summed E-state index contributed by atoms with van der Waals surface area (Å²) in [7, 11) is -3.73. The van der Waals surface area contributed by atoms with E-state index in [0.717, 1.165) is 32.7 Å². The quantitative estimate of drug-likeness (QED) is 0.552. The Morgan fingerprint density at radius 2 is 1.88 bits per heavy atom. The number of hydrogen-bond donors (Lipinski definition) is 1. The van der Waals surface area contributed by atoms with Crippen LogP contribution < -0.4 is 9.73 Å². The molecule has 2 aromatic carbocycles. The van der Waals surface area contributed by atoms with Gasteiger partial charge in [0.15, 0.2) is 0 Å². The first-order valence-corrected chi connectivity index (χ1v) is 10.1. The zero-order chi connectivity index (χ0) is 19.3. The Kier molecular flexibility index (Phi) is 6.49. The van der Waals surface area contributed by atoms with Crippen molar-refractivity contribution >= 4 is 43.3 Å². The van der Waals surface area contributed by atoms with Gasteiger partial charge in [-0.25, -0.2) is 18.2 Å². The highest BCUT2D eigenvalue weighted by Crippen LogP contribution is 2.17. The van der Waals surface area contributed by atoms with Gasteiger partial charge < -0.3 is 0 Å². The molecule has 0 radical (unpaired) electrons. The van der Waals surface area contributed by atoms with Crippen LogP contribution in [-0.4, -0.2) is 32.8 Å². The minimum atomic E-state index is -3.73. The van der Waals surface area contributed by atoms with Crippen molar-refractivity contribution in [2.45, 2.75) is 6.92 Å². The Morgan fingerprint density at radius 1 is 1.23 bits per heavy atom. The molecule has 0 unspecified atom stereocenters. The van der Waals surface area contributed by atoms with Gasteiger partial charge in [-0.1, -0.05) is 28.1 Å². The highest BCUT2D eigenvalue weighted by atomic mass is 79.9. The van der Waals surface area contributed by atoms with E-state index in [1.807, 2.05) is 24.3 Å². The monoisotopic (exact) mass is 441 g/mol. The van der Waals surface area contributed by atoms with Crippen LogP contribution in [0.4, 0.5) is 10.1 Å². The Balaban J connectivity index is 2.12. The summed E-state index contributed by atoms with van der Waals surface area (Å²) in [5.41, 5.74) is 3.90. The maximum atomic E-state index is 13.0. The van der Waals surface area contributed by atoms with Gasteiger partial charge in [0.1, 0.15) is 12.4 Å². The molecule has 0 aromatic heterocycles. The third-order valence-corrected chi connectivity index (χ3v) is 5.03. The Hall–Kier alpha value is -2.26. The van der Waals surface area contributed by atoms with Crippen LogP contribution in [0.5, 0.6) is 0 Å². The van der Waals surface area contributed by atoms with Crippen LogP contribution in [0.1, 0.15) is 12.5 Å². The first kappa shape index (κ1) is 20.1. The van der Waals surface area contributed by atoms with Crippen LogP contribution in [0.2, 0.25) is 0 Å². The molecule has 0 aliphatic rings. The molecule has 1 amide bonds. The topological polar surface area (TPSA) is 78.8 Å². The minimum absolute atomic E-state index is 0.191. The maximum Gasteiger partial charge on any atom is 0.260 e. The van der Waals surface area contributed by atoms with E-state index in [4.69, 9.17) is 0 Å².